The second kappa shape index (κ2) is 6.62. The minimum absolute atomic E-state index is 0.506. The predicted octanol–water partition coefficient (Wildman–Crippen LogP) is 3.34. The first-order valence-corrected chi connectivity index (χ1v) is 6.02. The number of nitrogens with zero attached hydrogens (tertiary/aromatic N) is 1. The second-order valence-corrected chi connectivity index (χ2v) is 4.22. The molecule has 3 nitrogen and oxygen atoms in total. The van der Waals surface area contributed by atoms with Gasteiger partial charge in [0, 0.05) is 16.4 Å². The average Bonchev–Trinajstić information content (AvgIpc) is 2.30. The van der Waals surface area contributed by atoms with E-state index in [0.29, 0.717) is 34.0 Å². The number of hydrogen-bond acceptors (Lipinski definition) is 3. The Balaban J connectivity index is 2.92. The summed E-state index contributed by atoms with van der Waals surface area (Å²) >= 11 is 8.84. The summed E-state index contributed by atoms with van der Waals surface area (Å²) in [6.45, 7) is 0.506. The summed E-state index contributed by atoms with van der Waals surface area (Å²) in [6, 6.07) is 5.44. The molecule has 0 atom stereocenters. The number of hydrogen-bond donors (Lipinski definition) is 0. The minimum Gasteiger partial charge on any atom is -0.493 e. The summed E-state index contributed by atoms with van der Waals surface area (Å²) in [6.07, 6.45) is 0.753. The molecule has 1 rings (SSSR count). The third-order valence-corrected chi connectivity index (χ3v) is 2.83. The molecule has 0 aromatic heterocycles. The molecule has 0 bridgehead atoms. The molecule has 0 fully saturated rings. The molecule has 1 aromatic rings. The fraction of sp³-hybridized carbons (Fsp3) is 0.364. The van der Waals surface area contributed by atoms with E-state index < -0.39 is 0 Å². The topological polar surface area (TPSA) is 42.2 Å². The van der Waals surface area contributed by atoms with Gasteiger partial charge in [0.2, 0.25) is 0 Å². The van der Waals surface area contributed by atoms with Gasteiger partial charge in [0.05, 0.1) is 19.3 Å². The van der Waals surface area contributed by atoms with Crippen molar-refractivity contribution >= 4 is 27.5 Å². The smallest absolute Gasteiger partial charge is 0.162 e. The third-order valence-electron chi connectivity index (χ3n) is 1.91. The molecule has 0 unspecified atom stereocenters. The van der Waals surface area contributed by atoms with Crippen molar-refractivity contribution in [3.8, 4) is 17.6 Å². The molecule has 0 aliphatic rings. The molecule has 5 heteroatoms. The van der Waals surface area contributed by atoms with Crippen LogP contribution in [0.2, 0.25) is 0 Å². The first-order valence-electron chi connectivity index (χ1n) is 4.69. The van der Waals surface area contributed by atoms with Crippen molar-refractivity contribution < 1.29 is 9.47 Å². The van der Waals surface area contributed by atoms with E-state index in [1.54, 1.807) is 19.2 Å². The quantitative estimate of drug-likeness (QED) is 0.619. The molecule has 0 amide bonds. The van der Waals surface area contributed by atoms with Gasteiger partial charge in [0.1, 0.15) is 6.07 Å². The van der Waals surface area contributed by atoms with Gasteiger partial charge < -0.3 is 9.47 Å². The Bertz CT molecular complexity index is 404. The lowest BCUT2D eigenvalue weighted by Gasteiger charge is -2.11. The van der Waals surface area contributed by atoms with Gasteiger partial charge in [-0.3, -0.25) is 0 Å². The predicted molar refractivity (Wildman–Crippen MR) is 66.2 cm³/mol. The Labute approximate surface area is 108 Å². The van der Waals surface area contributed by atoms with Crippen LogP contribution in [-0.2, 0) is 0 Å². The average molecular weight is 305 g/mol. The number of nitriles is 1. The highest BCUT2D eigenvalue weighted by Crippen LogP contribution is 2.33. The number of halogens is 2. The zero-order chi connectivity index (χ0) is 12.0. The fourth-order valence-corrected chi connectivity index (χ4v) is 1.65. The van der Waals surface area contributed by atoms with E-state index in [1.165, 1.54) is 0 Å². The number of alkyl halides is 1. The van der Waals surface area contributed by atoms with Crippen LogP contribution < -0.4 is 9.47 Å². The number of benzene rings is 1. The van der Waals surface area contributed by atoms with Gasteiger partial charge in [-0.25, -0.2) is 0 Å². The molecular formula is C11H11BrClNO2. The molecule has 1 aromatic carbocycles. The molecule has 0 saturated heterocycles. The van der Waals surface area contributed by atoms with E-state index in [-0.39, 0.29) is 0 Å². The molecule has 0 aliphatic carbocycles. The zero-order valence-corrected chi connectivity index (χ0v) is 11.1. The van der Waals surface area contributed by atoms with Crippen LogP contribution in [0.15, 0.2) is 16.6 Å². The highest BCUT2D eigenvalue weighted by atomic mass is 79.9. The van der Waals surface area contributed by atoms with E-state index in [0.717, 1.165) is 6.42 Å². The van der Waals surface area contributed by atoms with Crippen LogP contribution in [-0.4, -0.2) is 19.6 Å². The molecule has 0 N–H and O–H groups in total. The lowest BCUT2D eigenvalue weighted by atomic mass is 10.2. The molecule has 16 heavy (non-hydrogen) atoms. The SMILES string of the molecule is COc1cc(Br)c(C#N)cc1OCCCCl. The summed E-state index contributed by atoms with van der Waals surface area (Å²) < 4.78 is 11.3. The van der Waals surface area contributed by atoms with Crippen molar-refractivity contribution in [3.63, 3.8) is 0 Å². The Morgan fingerprint density at radius 3 is 2.75 bits per heavy atom. The summed E-state index contributed by atoms with van der Waals surface area (Å²) in [5.41, 5.74) is 0.515. The molecule has 86 valence electrons. The van der Waals surface area contributed by atoms with Crippen molar-refractivity contribution in [3.05, 3.63) is 22.2 Å². The van der Waals surface area contributed by atoms with Crippen LogP contribution in [0.5, 0.6) is 11.5 Å². The van der Waals surface area contributed by atoms with Crippen LogP contribution in [0.3, 0.4) is 0 Å². The van der Waals surface area contributed by atoms with Crippen molar-refractivity contribution in [2.45, 2.75) is 6.42 Å². The Morgan fingerprint density at radius 1 is 1.44 bits per heavy atom. The standard InChI is InChI=1S/C11H11BrClNO2/c1-15-10-6-9(12)8(7-14)5-11(10)16-4-2-3-13/h5-6H,2-4H2,1H3. The molecule has 0 saturated carbocycles. The molecule has 0 radical (unpaired) electrons. The van der Waals surface area contributed by atoms with Gasteiger partial charge in [-0.05, 0) is 28.4 Å². The number of ether oxygens (including phenoxy) is 2. The first-order chi connectivity index (χ1) is 7.72. The maximum Gasteiger partial charge on any atom is 0.162 e. The minimum atomic E-state index is 0.506. The molecule has 0 spiro atoms. The summed E-state index contributed by atoms with van der Waals surface area (Å²) in [5.74, 6) is 1.71. The Kier molecular flexibility index (Phi) is 5.44. The van der Waals surface area contributed by atoms with E-state index in [2.05, 4.69) is 22.0 Å². The highest BCUT2D eigenvalue weighted by Gasteiger charge is 2.09. The van der Waals surface area contributed by atoms with E-state index in [1.807, 2.05) is 0 Å². The number of methoxy groups -OCH3 is 1. The number of rotatable bonds is 5. The summed E-state index contributed by atoms with van der Waals surface area (Å²) in [7, 11) is 1.56. The van der Waals surface area contributed by atoms with Crippen LogP contribution in [0.25, 0.3) is 0 Å². The van der Waals surface area contributed by atoms with E-state index in [4.69, 9.17) is 26.3 Å². The fourth-order valence-electron chi connectivity index (χ4n) is 1.13. The van der Waals surface area contributed by atoms with Crippen LogP contribution in [0.4, 0.5) is 0 Å². The third kappa shape index (κ3) is 3.29. The molecule has 0 heterocycles. The monoisotopic (exact) mass is 303 g/mol. The van der Waals surface area contributed by atoms with Crippen LogP contribution in [0.1, 0.15) is 12.0 Å². The van der Waals surface area contributed by atoms with Gasteiger partial charge in [-0.15, -0.1) is 11.6 Å². The zero-order valence-electron chi connectivity index (χ0n) is 8.80. The lowest BCUT2D eigenvalue weighted by Crippen LogP contribution is -2.00. The maximum atomic E-state index is 8.88. The van der Waals surface area contributed by atoms with Crippen molar-refractivity contribution in [1.82, 2.24) is 0 Å². The second-order valence-electron chi connectivity index (χ2n) is 2.99. The van der Waals surface area contributed by atoms with E-state index in [9.17, 15) is 0 Å². The molecular weight excluding hydrogens is 293 g/mol. The van der Waals surface area contributed by atoms with Gasteiger partial charge in [-0.2, -0.15) is 5.26 Å². The van der Waals surface area contributed by atoms with Crippen molar-refractivity contribution in [2.75, 3.05) is 19.6 Å². The Morgan fingerprint density at radius 2 is 2.19 bits per heavy atom. The highest BCUT2D eigenvalue weighted by molar-refractivity contribution is 9.10. The van der Waals surface area contributed by atoms with Gasteiger partial charge in [0.25, 0.3) is 0 Å². The largest absolute Gasteiger partial charge is 0.493 e. The summed E-state index contributed by atoms with van der Waals surface area (Å²) in [4.78, 5) is 0. The van der Waals surface area contributed by atoms with Crippen LogP contribution in [0, 0.1) is 11.3 Å². The van der Waals surface area contributed by atoms with Crippen LogP contribution >= 0.6 is 27.5 Å². The van der Waals surface area contributed by atoms with E-state index >= 15 is 0 Å². The first kappa shape index (κ1) is 13.1. The van der Waals surface area contributed by atoms with Crippen molar-refractivity contribution in [2.24, 2.45) is 0 Å². The van der Waals surface area contributed by atoms with Crippen molar-refractivity contribution in [1.29, 1.82) is 5.26 Å². The summed E-state index contributed by atoms with van der Waals surface area (Å²) in [5, 5.41) is 8.88. The maximum absolute atomic E-state index is 8.88. The van der Waals surface area contributed by atoms with Gasteiger partial charge in [0.15, 0.2) is 11.5 Å². The lowest BCUT2D eigenvalue weighted by molar-refractivity contribution is 0.295. The van der Waals surface area contributed by atoms with Gasteiger partial charge in [-0.1, -0.05) is 0 Å². The van der Waals surface area contributed by atoms with Gasteiger partial charge >= 0.3 is 0 Å². The normalized spacial score (nSPS) is 9.62. The Hall–Kier alpha value is -0.920. The molecule has 0 aliphatic heterocycles.